The molecular formula is C27H20N2O3. The average molecular weight is 420 g/mol. The van der Waals surface area contributed by atoms with E-state index in [0.29, 0.717) is 5.69 Å². The van der Waals surface area contributed by atoms with Gasteiger partial charge in [-0.2, -0.15) is 0 Å². The van der Waals surface area contributed by atoms with Gasteiger partial charge in [-0.25, -0.2) is 9.69 Å². The molecule has 0 spiro atoms. The standard InChI is InChI=1S/C27H20N2O3/c1-2-17-11-13-20(14-12-17)29-26(31)24(25(30)28-27(29)32)16-23-21-9-5-3-7-18(21)15-19-8-4-6-10-22(19)23/h3-16H,2H2,1H3,(H,28,30,32)/b24-16-. The Labute approximate surface area is 185 Å². The normalized spacial score (nSPS) is 15.6. The minimum absolute atomic E-state index is 0.0781. The van der Waals surface area contributed by atoms with Gasteiger partial charge in [0.1, 0.15) is 5.57 Å². The molecule has 0 radical (unpaired) electrons. The fourth-order valence-corrected chi connectivity index (χ4v) is 4.12. The summed E-state index contributed by atoms with van der Waals surface area (Å²) in [5.74, 6) is -1.33. The number of hydrogen-bond donors (Lipinski definition) is 1. The minimum atomic E-state index is -0.746. The van der Waals surface area contributed by atoms with Gasteiger partial charge in [0.15, 0.2) is 0 Å². The number of benzene rings is 4. The Kier molecular flexibility index (Phi) is 4.79. The molecule has 0 aliphatic carbocycles. The SMILES string of the molecule is CCc1ccc(N2C(=O)NC(=O)/C(=C/c3c4ccccc4cc4ccccc34)C2=O)cc1. The Morgan fingerprint density at radius 1 is 0.812 bits per heavy atom. The number of imide groups is 2. The van der Waals surface area contributed by atoms with E-state index >= 15 is 0 Å². The molecule has 156 valence electrons. The number of barbiturate groups is 1. The predicted molar refractivity (Wildman–Crippen MR) is 126 cm³/mol. The number of carbonyl (C=O) groups is 3. The van der Waals surface area contributed by atoms with Gasteiger partial charge in [-0.3, -0.25) is 14.9 Å². The second kappa shape index (κ2) is 7.78. The summed E-state index contributed by atoms with van der Waals surface area (Å²) in [5.41, 5.74) is 2.21. The lowest BCUT2D eigenvalue weighted by Gasteiger charge is -2.26. The van der Waals surface area contributed by atoms with Crippen molar-refractivity contribution >= 4 is 51.2 Å². The Balaban J connectivity index is 1.68. The quantitative estimate of drug-likeness (QED) is 0.281. The molecule has 0 atom stereocenters. The van der Waals surface area contributed by atoms with E-state index in [9.17, 15) is 14.4 Å². The molecule has 5 rings (SSSR count). The first-order valence-corrected chi connectivity index (χ1v) is 10.5. The van der Waals surface area contributed by atoms with Gasteiger partial charge in [-0.1, -0.05) is 67.6 Å². The molecule has 4 amide bonds. The third kappa shape index (κ3) is 3.24. The van der Waals surface area contributed by atoms with Crippen molar-refractivity contribution in [2.45, 2.75) is 13.3 Å². The number of amides is 4. The van der Waals surface area contributed by atoms with Crippen LogP contribution in [0.2, 0.25) is 0 Å². The molecule has 1 N–H and O–H groups in total. The molecule has 1 aliphatic heterocycles. The van der Waals surface area contributed by atoms with Crippen molar-refractivity contribution in [3.8, 4) is 0 Å². The molecule has 1 fully saturated rings. The van der Waals surface area contributed by atoms with Crippen LogP contribution in [0.25, 0.3) is 27.6 Å². The Morgan fingerprint density at radius 3 is 2.00 bits per heavy atom. The molecule has 4 aromatic carbocycles. The summed E-state index contributed by atoms with van der Waals surface area (Å²) in [6.45, 7) is 2.03. The van der Waals surface area contributed by atoms with Crippen molar-refractivity contribution < 1.29 is 14.4 Å². The van der Waals surface area contributed by atoms with Gasteiger partial charge in [0.05, 0.1) is 5.69 Å². The first-order valence-electron chi connectivity index (χ1n) is 10.5. The topological polar surface area (TPSA) is 66.5 Å². The molecule has 1 heterocycles. The molecule has 32 heavy (non-hydrogen) atoms. The van der Waals surface area contributed by atoms with Crippen molar-refractivity contribution in [1.29, 1.82) is 0 Å². The summed E-state index contributed by atoms with van der Waals surface area (Å²) < 4.78 is 0. The van der Waals surface area contributed by atoms with Crippen LogP contribution in [0.5, 0.6) is 0 Å². The van der Waals surface area contributed by atoms with Crippen LogP contribution in [-0.4, -0.2) is 17.8 Å². The smallest absolute Gasteiger partial charge is 0.273 e. The second-order valence-corrected chi connectivity index (χ2v) is 7.71. The van der Waals surface area contributed by atoms with E-state index in [0.717, 1.165) is 44.0 Å². The molecule has 5 nitrogen and oxygen atoms in total. The van der Waals surface area contributed by atoms with E-state index in [-0.39, 0.29) is 5.57 Å². The molecule has 0 saturated carbocycles. The number of fused-ring (bicyclic) bond motifs is 2. The van der Waals surface area contributed by atoms with E-state index in [1.54, 1.807) is 18.2 Å². The van der Waals surface area contributed by atoms with Crippen molar-refractivity contribution in [1.82, 2.24) is 5.32 Å². The maximum Gasteiger partial charge on any atom is 0.335 e. The van der Waals surface area contributed by atoms with Gasteiger partial charge in [0.2, 0.25) is 0 Å². The number of hydrogen-bond acceptors (Lipinski definition) is 3. The highest BCUT2D eigenvalue weighted by Gasteiger charge is 2.37. The van der Waals surface area contributed by atoms with Crippen molar-refractivity contribution in [2.24, 2.45) is 0 Å². The summed E-state index contributed by atoms with van der Waals surface area (Å²) in [6, 6.07) is 24.2. The van der Waals surface area contributed by atoms with Crippen LogP contribution in [0, 0.1) is 0 Å². The molecule has 0 bridgehead atoms. The van der Waals surface area contributed by atoms with Gasteiger partial charge < -0.3 is 0 Å². The molecule has 1 saturated heterocycles. The van der Waals surface area contributed by atoms with E-state index in [1.807, 2.05) is 67.6 Å². The lowest BCUT2D eigenvalue weighted by molar-refractivity contribution is -0.122. The zero-order valence-corrected chi connectivity index (χ0v) is 17.5. The maximum atomic E-state index is 13.4. The van der Waals surface area contributed by atoms with Crippen molar-refractivity contribution in [3.63, 3.8) is 0 Å². The molecular weight excluding hydrogens is 400 g/mol. The van der Waals surface area contributed by atoms with Crippen LogP contribution < -0.4 is 10.2 Å². The van der Waals surface area contributed by atoms with Crippen molar-refractivity contribution in [3.05, 3.63) is 95.6 Å². The Bertz CT molecular complexity index is 1380. The van der Waals surface area contributed by atoms with Crippen LogP contribution in [0.3, 0.4) is 0 Å². The van der Waals surface area contributed by atoms with Gasteiger partial charge in [-0.15, -0.1) is 0 Å². The molecule has 1 aliphatic rings. The summed E-state index contributed by atoms with van der Waals surface area (Å²) in [4.78, 5) is 39.6. The number of aryl methyl sites for hydroxylation is 1. The molecule has 0 aromatic heterocycles. The van der Waals surface area contributed by atoms with E-state index < -0.39 is 17.8 Å². The van der Waals surface area contributed by atoms with E-state index in [4.69, 9.17) is 0 Å². The van der Waals surface area contributed by atoms with Gasteiger partial charge in [0, 0.05) is 0 Å². The Hall–Kier alpha value is -4.25. The third-order valence-electron chi connectivity index (χ3n) is 5.81. The fourth-order valence-electron chi connectivity index (χ4n) is 4.12. The zero-order valence-electron chi connectivity index (χ0n) is 17.5. The monoisotopic (exact) mass is 420 g/mol. The van der Waals surface area contributed by atoms with E-state index in [2.05, 4.69) is 11.4 Å². The number of carbonyl (C=O) groups excluding carboxylic acids is 3. The molecule has 0 unspecified atom stereocenters. The molecule has 5 heteroatoms. The number of nitrogens with zero attached hydrogens (tertiary/aromatic N) is 1. The number of rotatable bonds is 3. The highest BCUT2D eigenvalue weighted by atomic mass is 16.2. The number of nitrogens with one attached hydrogen (secondary N) is 1. The minimum Gasteiger partial charge on any atom is -0.273 e. The summed E-state index contributed by atoms with van der Waals surface area (Å²) in [5, 5.41) is 6.17. The van der Waals surface area contributed by atoms with Gasteiger partial charge in [0.25, 0.3) is 11.8 Å². The maximum absolute atomic E-state index is 13.4. The first-order chi connectivity index (χ1) is 15.6. The third-order valence-corrected chi connectivity index (χ3v) is 5.81. The highest BCUT2D eigenvalue weighted by molar-refractivity contribution is 6.39. The lowest BCUT2D eigenvalue weighted by atomic mass is 9.94. The number of urea groups is 1. The van der Waals surface area contributed by atoms with Crippen LogP contribution in [0.15, 0.2) is 84.4 Å². The van der Waals surface area contributed by atoms with Crippen molar-refractivity contribution in [2.75, 3.05) is 4.90 Å². The van der Waals surface area contributed by atoms with E-state index in [1.165, 1.54) is 0 Å². The molecule has 4 aromatic rings. The van der Waals surface area contributed by atoms with Gasteiger partial charge in [-0.05, 0) is 63.4 Å². The first kappa shape index (κ1) is 19.7. The largest absolute Gasteiger partial charge is 0.335 e. The zero-order chi connectivity index (χ0) is 22.2. The number of anilines is 1. The summed E-state index contributed by atoms with van der Waals surface area (Å²) in [7, 11) is 0. The highest BCUT2D eigenvalue weighted by Crippen LogP contribution is 2.31. The van der Waals surface area contributed by atoms with Crippen LogP contribution in [0.1, 0.15) is 18.1 Å². The lowest BCUT2D eigenvalue weighted by Crippen LogP contribution is -2.54. The average Bonchev–Trinajstić information content (AvgIpc) is 2.81. The summed E-state index contributed by atoms with van der Waals surface area (Å²) in [6.07, 6.45) is 2.44. The van der Waals surface area contributed by atoms with Crippen LogP contribution in [0.4, 0.5) is 10.5 Å². The fraction of sp³-hybridized carbons (Fsp3) is 0.0741. The van der Waals surface area contributed by atoms with Crippen LogP contribution in [-0.2, 0) is 16.0 Å². The Morgan fingerprint density at radius 2 is 1.41 bits per heavy atom. The summed E-state index contributed by atoms with van der Waals surface area (Å²) >= 11 is 0. The van der Waals surface area contributed by atoms with Crippen LogP contribution >= 0.6 is 0 Å². The second-order valence-electron chi connectivity index (χ2n) is 7.71. The van der Waals surface area contributed by atoms with Gasteiger partial charge >= 0.3 is 6.03 Å². The predicted octanol–water partition coefficient (Wildman–Crippen LogP) is 5.22.